The van der Waals surface area contributed by atoms with Crippen LogP contribution in [0.5, 0.6) is 0 Å². The Hall–Kier alpha value is -2.31. The maximum absolute atomic E-state index is 13.3. The van der Waals surface area contributed by atoms with E-state index < -0.39 is 5.82 Å². The molecule has 1 saturated heterocycles. The molecule has 2 amide bonds. The first kappa shape index (κ1) is 15.1. The van der Waals surface area contributed by atoms with E-state index in [9.17, 15) is 9.18 Å². The number of nitrogens with one attached hydrogen (secondary N) is 1. The van der Waals surface area contributed by atoms with E-state index in [4.69, 9.17) is 10.9 Å². The second kappa shape index (κ2) is 6.43. The molecular formula is C14H19FN4O2. The van der Waals surface area contributed by atoms with Crippen molar-refractivity contribution in [2.24, 2.45) is 16.8 Å². The van der Waals surface area contributed by atoms with Crippen molar-refractivity contribution in [3.8, 4) is 0 Å². The van der Waals surface area contributed by atoms with Crippen molar-refractivity contribution in [3.63, 3.8) is 0 Å². The molecule has 0 atom stereocenters. The highest BCUT2D eigenvalue weighted by Crippen LogP contribution is 2.20. The number of rotatable bonds is 2. The third-order valence-electron chi connectivity index (χ3n) is 3.68. The van der Waals surface area contributed by atoms with E-state index in [1.54, 1.807) is 4.90 Å². The zero-order valence-corrected chi connectivity index (χ0v) is 11.8. The van der Waals surface area contributed by atoms with Gasteiger partial charge in [0.2, 0.25) is 0 Å². The molecule has 114 valence electrons. The SMILES string of the molecule is CC1CCN(C(=O)Nc2ccc(F)cc2/C(N)=N/O)CC1. The number of likely N-dealkylation sites (tertiary alicyclic amines) is 1. The van der Waals surface area contributed by atoms with Gasteiger partial charge in [-0.15, -0.1) is 0 Å². The Morgan fingerprint density at radius 3 is 2.76 bits per heavy atom. The van der Waals surface area contributed by atoms with Gasteiger partial charge in [-0.25, -0.2) is 9.18 Å². The summed E-state index contributed by atoms with van der Waals surface area (Å²) in [5, 5.41) is 14.3. The molecule has 0 aromatic heterocycles. The molecule has 1 aliphatic rings. The summed E-state index contributed by atoms with van der Waals surface area (Å²) in [5.41, 5.74) is 5.97. The first-order chi connectivity index (χ1) is 10.0. The highest BCUT2D eigenvalue weighted by molar-refractivity contribution is 6.05. The first-order valence-electron chi connectivity index (χ1n) is 6.84. The molecule has 4 N–H and O–H groups in total. The van der Waals surface area contributed by atoms with Gasteiger partial charge >= 0.3 is 6.03 Å². The van der Waals surface area contributed by atoms with Gasteiger partial charge in [0, 0.05) is 18.7 Å². The van der Waals surface area contributed by atoms with Gasteiger partial charge in [0.1, 0.15) is 5.82 Å². The molecule has 1 fully saturated rings. The quantitative estimate of drug-likeness (QED) is 0.338. The lowest BCUT2D eigenvalue weighted by Crippen LogP contribution is -2.40. The normalized spacial score (nSPS) is 16.9. The summed E-state index contributed by atoms with van der Waals surface area (Å²) >= 11 is 0. The maximum Gasteiger partial charge on any atom is 0.321 e. The molecule has 7 heteroatoms. The summed E-state index contributed by atoms with van der Waals surface area (Å²) in [7, 11) is 0. The Balaban J connectivity index is 2.14. The summed E-state index contributed by atoms with van der Waals surface area (Å²) in [6.45, 7) is 3.53. The Kier molecular flexibility index (Phi) is 4.62. The average Bonchev–Trinajstić information content (AvgIpc) is 2.48. The van der Waals surface area contributed by atoms with Crippen molar-refractivity contribution in [3.05, 3.63) is 29.6 Å². The minimum absolute atomic E-state index is 0.149. The molecule has 0 unspecified atom stereocenters. The Morgan fingerprint density at radius 2 is 2.14 bits per heavy atom. The third-order valence-corrected chi connectivity index (χ3v) is 3.68. The molecule has 0 aliphatic carbocycles. The number of hydrogen-bond donors (Lipinski definition) is 3. The van der Waals surface area contributed by atoms with E-state index in [0.29, 0.717) is 24.7 Å². The van der Waals surface area contributed by atoms with Crippen LogP contribution in [0.4, 0.5) is 14.9 Å². The van der Waals surface area contributed by atoms with E-state index in [1.807, 2.05) is 0 Å². The van der Waals surface area contributed by atoms with Gasteiger partial charge in [-0.1, -0.05) is 12.1 Å². The van der Waals surface area contributed by atoms with E-state index in [1.165, 1.54) is 12.1 Å². The first-order valence-corrected chi connectivity index (χ1v) is 6.84. The van der Waals surface area contributed by atoms with Crippen LogP contribution in [0.2, 0.25) is 0 Å². The molecule has 1 aromatic rings. The summed E-state index contributed by atoms with van der Waals surface area (Å²) in [4.78, 5) is 13.9. The minimum Gasteiger partial charge on any atom is -0.409 e. The number of benzene rings is 1. The van der Waals surface area contributed by atoms with E-state index in [-0.39, 0.29) is 17.4 Å². The van der Waals surface area contributed by atoms with Crippen LogP contribution >= 0.6 is 0 Å². The molecule has 0 radical (unpaired) electrons. The van der Waals surface area contributed by atoms with E-state index in [0.717, 1.165) is 18.9 Å². The van der Waals surface area contributed by atoms with Crippen LogP contribution in [0.1, 0.15) is 25.3 Å². The van der Waals surface area contributed by atoms with Crippen molar-refractivity contribution in [1.82, 2.24) is 4.90 Å². The molecule has 0 spiro atoms. The average molecular weight is 294 g/mol. The van der Waals surface area contributed by atoms with E-state index >= 15 is 0 Å². The molecule has 21 heavy (non-hydrogen) atoms. The number of carbonyl (C=O) groups is 1. The van der Waals surface area contributed by atoms with Crippen LogP contribution in [0.3, 0.4) is 0 Å². The summed E-state index contributed by atoms with van der Waals surface area (Å²) in [5.74, 6) is -0.161. The fraction of sp³-hybridized carbons (Fsp3) is 0.429. The van der Waals surface area contributed by atoms with Crippen molar-refractivity contribution in [2.45, 2.75) is 19.8 Å². The number of nitrogens with zero attached hydrogens (tertiary/aromatic N) is 2. The Morgan fingerprint density at radius 1 is 1.48 bits per heavy atom. The predicted octanol–water partition coefficient (Wildman–Crippen LogP) is 2.18. The van der Waals surface area contributed by atoms with Crippen LogP contribution in [0, 0.1) is 11.7 Å². The monoisotopic (exact) mass is 294 g/mol. The van der Waals surface area contributed by atoms with Crippen LogP contribution in [0.15, 0.2) is 23.4 Å². The topological polar surface area (TPSA) is 91.0 Å². The molecule has 6 nitrogen and oxygen atoms in total. The number of carbonyl (C=O) groups excluding carboxylic acids is 1. The lowest BCUT2D eigenvalue weighted by atomic mass is 10.00. The van der Waals surface area contributed by atoms with Gasteiger partial charge in [-0.05, 0) is 37.0 Å². The molecule has 2 rings (SSSR count). The highest BCUT2D eigenvalue weighted by Gasteiger charge is 2.21. The zero-order valence-electron chi connectivity index (χ0n) is 11.8. The van der Waals surface area contributed by atoms with Gasteiger partial charge in [0.15, 0.2) is 5.84 Å². The van der Waals surface area contributed by atoms with Crippen LogP contribution in [0.25, 0.3) is 0 Å². The maximum atomic E-state index is 13.3. The Labute approximate surface area is 122 Å². The molecule has 1 heterocycles. The van der Waals surface area contributed by atoms with Gasteiger partial charge in [0.05, 0.1) is 5.69 Å². The predicted molar refractivity (Wildman–Crippen MR) is 77.9 cm³/mol. The summed E-state index contributed by atoms with van der Waals surface area (Å²) in [6.07, 6.45) is 1.92. The number of urea groups is 1. The second-order valence-corrected chi connectivity index (χ2v) is 5.27. The standard InChI is InChI=1S/C14H19FN4O2/c1-9-4-6-19(7-5-9)14(20)17-12-3-2-10(15)8-11(12)13(16)18-21/h2-3,8-9,21H,4-7H2,1H3,(H2,16,18)(H,17,20). The fourth-order valence-corrected chi connectivity index (χ4v) is 2.30. The number of amides is 2. The van der Waals surface area contributed by atoms with Crippen molar-refractivity contribution < 1.29 is 14.4 Å². The number of oxime groups is 1. The van der Waals surface area contributed by atoms with Crippen molar-refractivity contribution >= 4 is 17.6 Å². The number of halogens is 1. The van der Waals surface area contributed by atoms with Gasteiger partial charge < -0.3 is 21.2 Å². The largest absolute Gasteiger partial charge is 0.409 e. The minimum atomic E-state index is -0.526. The highest BCUT2D eigenvalue weighted by atomic mass is 19.1. The van der Waals surface area contributed by atoms with Gasteiger partial charge in [0.25, 0.3) is 0 Å². The number of hydrogen-bond acceptors (Lipinski definition) is 3. The fourth-order valence-electron chi connectivity index (χ4n) is 2.30. The lowest BCUT2D eigenvalue weighted by Gasteiger charge is -2.30. The van der Waals surface area contributed by atoms with Gasteiger partial charge in [-0.2, -0.15) is 0 Å². The molecule has 0 saturated carbocycles. The smallest absolute Gasteiger partial charge is 0.321 e. The summed E-state index contributed by atoms with van der Waals surface area (Å²) in [6, 6.07) is 3.46. The number of piperidine rings is 1. The molecular weight excluding hydrogens is 275 g/mol. The Bertz CT molecular complexity index is 554. The van der Waals surface area contributed by atoms with Gasteiger partial charge in [-0.3, -0.25) is 0 Å². The lowest BCUT2D eigenvalue weighted by molar-refractivity contribution is 0.186. The van der Waals surface area contributed by atoms with Crippen molar-refractivity contribution in [1.29, 1.82) is 0 Å². The molecule has 1 aliphatic heterocycles. The number of nitrogens with two attached hydrogens (primary N) is 1. The van der Waals surface area contributed by atoms with Crippen LogP contribution in [-0.2, 0) is 0 Å². The van der Waals surface area contributed by atoms with Crippen LogP contribution in [-0.4, -0.2) is 35.1 Å². The van der Waals surface area contributed by atoms with Crippen molar-refractivity contribution in [2.75, 3.05) is 18.4 Å². The zero-order chi connectivity index (χ0) is 15.4. The van der Waals surface area contributed by atoms with Crippen LogP contribution < -0.4 is 11.1 Å². The third kappa shape index (κ3) is 3.62. The number of amidine groups is 1. The summed E-state index contributed by atoms with van der Waals surface area (Å²) < 4.78 is 13.3. The number of anilines is 1. The molecule has 1 aromatic carbocycles. The van der Waals surface area contributed by atoms with E-state index in [2.05, 4.69) is 17.4 Å². The molecule has 0 bridgehead atoms. The second-order valence-electron chi connectivity index (χ2n) is 5.27.